The molecule has 1 N–H and O–H groups in total. The minimum absolute atomic E-state index is 0.153. The van der Waals surface area contributed by atoms with Crippen molar-refractivity contribution < 1.29 is 9.53 Å². The van der Waals surface area contributed by atoms with Gasteiger partial charge in [0, 0.05) is 28.7 Å². The van der Waals surface area contributed by atoms with E-state index in [9.17, 15) is 4.79 Å². The van der Waals surface area contributed by atoms with Crippen LogP contribution in [0.1, 0.15) is 38.1 Å². The summed E-state index contributed by atoms with van der Waals surface area (Å²) in [5.41, 5.74) is 1.29. The van der Waals surface area contributed by atoms with Crippen molar-refractivity contribution in [2.75, 3.05) is 18.5 Å². The van der Waals surface area contributed by atoms with Gasteiger partial charge in [-0.05, 0) is 64.1 Å². The molecule has 0 unspecified atom stereocenters. The van der Waals surface area contributed by atoms with Crippen LogP contribution in [0.4, 0.5) is 5.69 Å². The summed E-state index contributed by atoms with van der Waals surface area (Å²) >= 11 is 3.38. The van der Waals surface area contributed by atoms with Crippen LogP contribution in [0, 0.1) is 0 Å². The van der Waals surface area contributed by atoms with Crippen LogP contribution >= 0.6 is 15.9 Å². The molecule has 140 valence electrons. The molecule has 0 fully saturated rings. The van der Waals surface area contributed by atoms with Crippen molar-refractivity contribution >= 4 is 27.5 Å². The fraction of sp³-hybridized carbons (Fsp3) is 0.381. The molecule has 2 rings (SSSR count). The molecule has 0 aliphatic carbocycles. The maximum absolute atomic E-state index is 12.4. The molecule has 1 amide bonds. The highest BCUT2D eigenvalue weighted by Crippen LogP contribution is 2.24. The van der Waals surface area contributed by atoms with Crippen molar-refractivity contribution in [3.8, 4) is 5.75 Å². The van der Waals surface area contributed by atoms with Crippen LogP contribution in [0.2, 0.25) is 0 Å². The van der Waals surface area contributed by atoms with Crippen molar-refractivity contribution in [1.29, 1.82) is 0 Å². The van der Waals surface area contributed by atoms with E-state index in [-0.39, 0.29) is 5.91 Å². The number of carbonyl (C=O) groups excluding carboxylic acids is 1. The van der Waals surface area contributed by atoms with Gasteiger partial charge in [0.05, 0.1) is 5.69 Å². The maximum Gasteiger partial charge on any atom is 0.255 e. The van der Waals surface area contributed by atoms with E-state index in [0.29, 0.717) is 35.7 Å². The van der Waals surface area contributed by atoms with Crippen LogP contribution in [0.15, 0.2) is 53.0 Å². The summed E-state index contributed by atoms with van der Waals surface area (Å²) in [5.74, 6) is 0.532. The van der Waals surface area contributed by atoms with Gasteiger partial charge in [0.2, 0.25) is 0 Å². The van der Waals surface area contributed by atoms with E-state index < -0.39 is 0 Å². The fourth-order valence-corrected chi connectivity index (χ4v) is 3.13. The molecule has 5 heteroatoms. The second kappa shape index (κ2) is 9.74. The molecule has 0 saturated carbocycles. The molecule has 0 saturated heterocycles. The first kappa shape index (κ1) is 20.5. The van der Waals surface area contributed by atoms with Gasteiger partial charge in [-0.3, -0.25) is 9.69 Å². The van der Waals surface area contributed by atoms with Gasteiger partial charge in [0.15, 0.2) is 0 Å². The molecule has 2 aromatic carbocycles. The minimum atomic E-state index is -0.153. The predicted molar refractivity (Wildman–Crippen MR) is 111 cm³/mol. The molecule has 0 heterocycles. The van der Waals surface area contributed by atoms with E-state index in [4.69, 9.17) is 4.74 Å². The van der Waals surface area contributed by atoms with E-state index in [1.807, 2.05) is 36.4 Å². The molecular formula is C21H27BrN2O2. The number of carbonyl (C=O) groups is 1. The highest BCUT2D eigenvalue weighted by molar-refractivity contribution is 9.10. The van der Waals surface area contributed by atoms with Gasteiger partial charge in [-0.2, -0.15) is 0 Å². The summed E-state index contributed by atoms with van der Waals surface area (Å²) in [6, 6.07) is 15.7. The molecule has 0 atom stereocenters. The zero-order valence-corrected chi connectivity index (χ0v) is 17.4. The normalized spacial score (nSPS) is 11.2. The molecule has 0 aliphatic rings. The molecule has 26 heavy (non-hydrogen) atoms. The van der Waals surface area contributed by atoms with Gasteiger partial charge in [-0.25, -0.2) is 0 Å². The molecule has 0 spiro atoms. The molecule has 0 radical (unpaired) electrons. The van der Waals surface area contributed by atoms with Gasteiger partial charge in [-0.15, -0.1) is 0 Å². The summed E-state index contributed by atoms with van der Waals surface area (Å²) in [7, 11) is 0. The number of anilines is 1. The average molecular weight is 419 g/mol. The lowest BCUT2D eigenvalue weighted by Crippen LogP contribution is -2.39. The largest absolute Gasteiger partial charge is 0.490 e. The first-order valence-corrected chi connectivity index (χ1v) is 9.72. The average Bonchev–Trinajstić information content (AvgIpc) is 2.59. The third-order valence-electron chi connectivity index (χ3n) is 4.18. The third-order valence-corrected chi connectivity index (χ3v) is 4.70. The predicted octanol–water partition coefficient (Wildman–Crippen LogP) is 5.20. The lowest BCUT2D eigenvalue weighted by Gasteiger charge is -2.30. The number of nitrogens with zero attached hydrogens (tertiary/aromatic N) is 1. The lowest BCUT2D eigenvalue weighted by molar-refractivity contribution is 0.102. The number of hydrogen-bond acceptors (Lipinski definition) is 3. The van der Waals surface area contributed by atoms with Crippen LogP contribution in [-0.2, 0) is 0 Å². The summed E-state index contributed by atoms with van der Waals surface area (Å²) in [6.45, 7) is 10.2. The monoisotopic (exact) mass is 418 g/mol. The Kier molecular flexibility index (Phi) is 7.66. The number of benzene rings is 2. The standard InChI is InChI=1S/C21H27BrN2O2/c1-15(2)24(16(3)4)13-14-26-20-8-6-5-7-19(20)23-21(25)17-9-11-18(22)12-10-17/h5-12,15-16H,13-14H2,1-4H3,(H,23,25). The van der Waals surface area contributed by atoms with E-state index in [0.717, 1.165) is 11.0 Å². The minimum Gasteiger partial charge on any atom is -0.490 e. The van der Waals surface area contributed by atoms with Gasteiger partial charge in [0.1, 0.15) is 12.4 Å². The second-order valence-corrected chi connectivity index (χ2v) is 7.65. The van der Waals surface area contributed by atoms with Crippen LogP contribution in [-0.4, -0.2) is 36.0 Å². The first-order chi connectivity index (χ1) is 12.4. The Morgan fingerprint density at radius 1 is 1.04 bits per heavy atom. The van der Waals surface area contributed by atoms with Crippen molar-refractivity contribution in [3.63, 3.8) is 0 Å². The second-order valence-electron chi connectivity index (χ2n) is 6.73. The van der Waals surface area contributed by atoms with Gasteiger partial charge >= 0.3 is 0 Å². The topological polar surface area (TPSA) is 41.6 Å². The summed E-state index contributed by atoms with van der Waals surface area (Å²) in [5, 5.41) is 2.94. The van der Waals surface area contributed by atoms with Gasteiger partial charge < -0.3 is 10.1 Å². The van der Waals surface area contributed by atoms with Crippen LogP contribution in [0.3, 0.4) is 0 Å². The van der Waals surface area contributed by atoms with Crippen LogP contribution in [0.5, 0.6) is 5.75 Å². The number of rotatable bonds is 8. The van der Waals surface area contributed by atoms with E-state index >= 15 is 0 Å². The Morgan fingerprint density at radius 2 is 1.65 bits per heavy atom. The van der Waals surface area contributed by atoms with Crippen molar-refractivity contribution in [2.45, 2.75) is 39.8 Å². The number of ether oxygens (including phenoxy) is 1. The van der Waals surface area contributed by atoms with Crippen LogP contribution < -0.4 is 10.1 Å². The molecule has 0 aromatic heterocycles. The quantitative estimate of drug-likeness (QED) is 0.640. The number of nitrogens with one attached hydrogen (secondary N) is 1. The highest BCUT2D eigenvalue weighted by Gasteiger charge is 2.14. The summed E-state index contributed by atoms with van der Waals surface area (Å²) in [4.78, 5) is 14.8. The SMILES string of the molecule is CC(C)N(CCOc1ccccc1NC(=O)c1ccc(Br)cc1)C(C)C. The van der Waals surface area contributed by atoms with Crippen LogP contribution in [0.25, 0.3) is 0 Å². The van der Waals surface area contributed by atoms with Gasteiger partial charge in [-0.1, -0.05) is 28.1 Å². The Morgan fingerprint density at radius 3 is 2.27 bits per heavy atom. The molecule has 4 nitrogen and oxygen atoms in total. The smallest absolute Gasteiger partial charge is 0.255 e. The Labute approximate surface area is 164 Å². The summed E-state index contributed by atoms with van der Waals surface area (Å²) < 4.78 is 6.90. The Hall–Kier alpha value is -1.85. The Balaban J connectivity index is 2.01. The van der Waals surface area contributed by atoms with Crippen molar-refractivity contribution in [1.82, 2.24) is 4.90 Å². The van der Waals surface area contributed by atoms with Gasteiger partial charge in [0.25, 0.3) is 5.91 Å². The molecule has 0 aliphatic heterocycles. The maximum atomic E-state index is 12.4. The first-order valence-electron chi connectivity index (χ1n) is 8.93. The zero-order chi connectivity index (χ0) is 19.1. The van der Waals surface area contributed by atoms with E-state index in [1.54, 1.807) is 12.1 Å². The number of amides is 1. The number of halogens is 1. The van der Waals surface area contributed by atoms with Crippen molar-refractivity contribution in [2.24, 2.45) is 0 Å². The summed E-state index contributed by atoms with van der Waals surface area (Å²) in [6.07, 6.45) is 0. The van der Waals surface area contributed by atoms with E-state index in [2.05, 4.69) is 53.8 Å². The number of hydrogen-bond donors (Lipinski definition) is 1. The molecular weight excluding hydrogens is 392 g/mol. The Bertz CT molecular complexity index is 706. The lowest BCUT2D eigenvalue weighted by atomic mass is 10.2. The molecule has 2 aromatic rings. The van der Waals surface area contributed by atoms with Crippen molar-refractivity contribution in [3.05, 3.63) is 58.6 Å². The van der Waals surface area contributed by atoms with E-state index in [1.165, 1.54) is 0 Å². The fourth-order valence-electron chi connectivity index (χ4n) is 2.87. The highest BCUT2D eigenvalue weighted by atomic mass is 79.9. The number of para-hydroxylation sites is 2. The zero-order valence-electron chi connectivity index (χ0n) is 15.8. The molecule has 0 bridgehead atoms. The third kappa shape index (κ3) is 5.85.